The van der Waals surface area contributed by atoms with Gasteiger partial charge in [-0.15, -0.1) is 0 Å². The Labute approximate surface area is 329 Å². The van der Waals surface area contributed by atoms with Crippen molar-refractivity contribution in [2.24, 2.45) is 0 Å². The molecule has 53 heavy (non-hydrogen) atoms. The highest BCUT2D eigenvalue weighted by Crippen LogP contribution is 2.14. The number of allylic oxidation sites excluding steroid dienone is 11. The van der Waals surface area contributed by atoms with Crippen LogP contribution in [0.2, 0.25) is 0 Å². The largest absolute Gasteiger partial charge is 0.394 e. The monoisotopic (exact) mass is 738 g/mol. The summed E-state index contributed by atoms with van der Waals surface area (Å²) in [7, 11) is 0. The van der Waals surface area contributed by atoms with Gasteiger partial charge in [-0.05, 0) is 70.6 Å². The predicted octanol–water partition coefficient (Wildman–Crippen LogP) is 14.3. The Balaban J connectivity index is 3.63. The fourth-order valence-corrected chi connectivity index (χ4v) is 6.48. The highest BCUT2D eigenvalue weighted by atomic mass is 16.3. The van der Waals surface area contributed by atoms with E-state index in [2.05, 4.69) is 79.9 Å². The molecule has 0 aromatic heterocycles. The van der Waals surface area contributed by atoms with E-state index in [1.165, 1.54) is 135 Å². The number of hydrogen-bond donors (Lipinski definition) is 3. The Hall–Kier alpha value is -2.17. The van der Waals surface area contributed by atoms with Gasteiger partial charge >= 0.3 is 0 Å². The molecule has 0 rings (SSSR count). The first-order valence-corrected chi connectivity index (χ1v) is 22.7. The summed E-state index contributed by atoms with van der Waals surface area (Å²) in [5.41, 5.74) is 0. The van der Waals surface area contributed by atoms with Gasteiger partial charge < -0.3 is 15.5 Å². The van der Waals surface area contributed by atoms with Gasteiger partial charge in [0.1, 0.15) is 0 Å². The van der Waals surface area contributed by atoms with Crippen molar-refractivity contribution in [3.63, 3.8) is 0 Å². The van der Waals surface area contributed by atoms with Crippen LogP contribution in [0.25, 0.3) is 0 Å². The molecule has 0 aliphatic heterocycles. The first-order chi connectivity index (χ1) is 26.2. The molecule has 0 saturated heterocycles. The molecule has 2 atom stereocenters. The molecule has 0 saturated carbocycles. The number of amides is 1. The summed E-state index contributed by atoms with van der Waals surface area (Å²) in [5.74, 6) is -0.0810. The van der Waals surface area contributed by atoms with Crippen LogP contribution in [0.3, 0.4) is 0 Å². The first-order valence-electron chi connectivity index (χ1n) is 22.7. The Kier molecular flexibility index (Phi) is 42.4. The van der Waals surface area contributed by atoms with E-state index in [4.69, 9.17) is 0 Å². The summed E-state index contributed by atoms with van der Waals surface area (Å²) in [6.45, 7) is 4.18. The van der Waals surface area contributed by atoms with E-state index in [1.54, 1.807) is 6.08 Å². The van der Waals surface area contributed by atoms with E-state index >= 15 is 0 Å². The predicted molar refractivity (Wildman–Crippen MR) is 234 cm³/mol. The Morgan fingerprint density at radius 2 is 0.849 bits per heavy atom. The second kappa shape index (κ2) is 44.2. The van der Waals surface area contributed by atoms with Crippen LogP contribution in [0, 0.1) is 0 Å². The van der Waals surface area contributed by atoms with Crippen molar-refractivity contribution >= 4 is 5.91 Å². The fourth-order valence-electron chi connectivity index (χ4n) is 6.48. The molecule has 0 fully saturated rings. The van der Waals surface area contributed by atoms with Crippen LogP contribution in [0.5, 0.6) is 0 Å². The SMILES string of the molecule is CC/C=C\C/C=C\C/C=C\C/C=C\CCCCCCCCCCCCC(=O)NC(CO)C(O)/C=C/CC/C=C/CCCCCCCCCCCCCC. The number of carbonyl (C=O) groups is 1. The van der Waals surface area contributed by atoms with E-state index < -0.39 is 12.1 Å². The van der Waals surface area contributed by atoms with Crippen molar-refractivity contribution in [2.75, 3.05) is 6.61 Å². The Morgan fingerprint density at radius 1 is 0.472 bits per heavy atom. The molecule has 0 aliphatic rings. The molecule has 2 unspecified atom stereocenters. The van der Waals surface area contributed by atoms with Gasteiger partial charge in [0, 0.05) is 6.42 Å². The zero-order valence-corrected chi connectivity index (χ0v) is 35.0. The normalized spacial score (nSPS) is 13.7. The first kappa shape index (κ1) is 50.8. The second-order valence-electron chi connectivity index (χ2n) is 15.1. The number of carbonyl (C=O) groups excluding carboxylic acids is 1. The molecule has 0 radical (unpaired) electrons. The lowest BCUT2D eigenvalue weighted by molar-refractivity contribution is -0.123. The van der Waals surface area contributed by atoms with Gasteiger partial charge in [0.25, 0.3) is 0 Å². The van der Waals surface area contributed by atoms with Gasteiger partial charge in [0.15, 0.2) is 0 Å². The molecule has 0 aromatic carbocycles. The maximum atomic E-state index is 12.4. The van der Waals surface area contributed by atoms with Gasteiger partial charge in [-0.25, -0.2) is 0 Å². The molecule has 4 heteroatoms. The number of aliphatic hydroxyl groups is 2. The molecule has 0 aliphatic carbocycles. The highest BCUT2D eigenvalue weighted by Gasteiger charge is 2.17. The Morgan fingerprint density at radius 3 is 1.32 bits per heavy atom. The minimum atomic E-state index is -0.867. The molecular formula is C49H87NO3. The third-order valence-corrected chi connectivity index (χ3v) is 9.92. The molecular weight excluding hydrogens is 651 g/mol. The summed E-state index contributed by atoms with van der Waals surface area (Å²) in [6.07, 6.45) is 63.0. The average molecular weight is 738 g/mol. The van der Waals surface area contributed by atoms with Gasteiger partial charge in [-0.2, -0.15) is 0 Å². The molecule has 0 spiro atoms. The molecule has 306 valence electrons. The van der Waals surface area contributed by atoms with Crippen LogP contribution < -0.4 is 5.32 Å². The molecule has 0 bridgehead atoms. The molecule has 1 amide bonds. The van der Waals surface area contributed by atoms with Crippen molar-refractivity contribution in [3.8, 4) is 0 Å². The molecule has 0 aromatic rings. The van der Waals surface area contributed by atoms with Crippen molar-refractivity contribution < 1.29 is 15.0 Å². The van der Waals surface area contributed by atoms with E-state index in [1.807, 2.05) is 6.08 Å². The number of rotatable bonds is 40. The van der Waals surface area contributed by atoms with Crippen LogP contribution >= 0.6 is 0 Å². The van der Waals surface area contributed by atoms with Crippen LogP contribution in [0.1, 0.15) is 213 Å². The average Bonchev–Trinajstić information content (AvgIpc) is 3.16. The van der Waals surface area contributed by atoms with Crippen LogP contribution in [0.4, 0.5) is 0 Å². The minimum absolute atomic E-state index is 0.0810. The zero-order chi connectivity index (χ0) is 38.6. The summed E-state index contributed by atoms with van der Waals surface area (Å²) in [5, 5.41) is 23.0. The van der Waals surface area contributed by atoms with Crippen LogP contribution in [-0.4, -0.2) is 34.9 Å². The smallest absolute Gasteiger partial charge is 0.220 e. The summed E-state index contributed by atoms with van der Waals surface area (Å²) in [6, 6.07) is -0.644. The standard InChI is InChI=1S/C49H87NO3/c1-3-5-7-9-11-13-15-17-19-21-23-24-25-26-27-29-31-33-35-37-39-41-43-45-49(53)50-47(46-51)48(52)44-42-40-38-36-34-32-30-28-22-20-18-16-14-12-10-8-6-4-2/h5,7,11,13,17,19,23-24,34,36,42,44,47-48,51-52H,3-4,6,8-10,12,14-16,18,20-22,25-33,35,37-41,43,45-46H2,1-2H3,(H,50,53)/b7-5-,13-11-,19-17-,24-23-,36-34+,44-42+. The van der Waals surface area contributed by atoms with E-state index in [0.717, 1.165) is 57.8 Å². The number of nitrogens with one attached hydrogen (secondary N) is 1. The summed E-state index contributed by atoms with van der Waals surface area (Å²) < 4.78 is 0. The molecule has 3 N–H and O–H groups in total. The molecule has 4 nitrogen and oxygen atoms in total. The zero-order valence-electron chi connectivity index (χ0n) is 35.0. The topological polar surface area (TPSA) is 69.6 Å². The van der Waals surface area contributed by atoms with Crippen molar-refractivity contribution in [2.45, 2.75) is 225 Å². The maximum Gasteiger partial charge on any atom is 0.220 e. The minimum Gasteiger partial charge on any atom is -0.394 e. The van der Waals surface area contributed by atoms with E-state index in [-0.39, 0.29) is 12.5 Å². The second-order valence-corrected chi connectivity index (χ2v) is 15.1. The number of aliphatic hydroxyl groups excluding tert-OH is 2. The number of hydrogen-bond acceptors (Lipinski definition) is 3. The third-order valence-electron chi connectivity index (χ3n) is 9.92. The highest BCUT2D eigenvalue weighted by molar-refractivity contribution is 5.76. The lowest BCUT2D eigenvalue weighted by Gasteiger charge is -2.19. The lowest BCUT2D eigenvalue weighted by Crippen LogP contribution is -2.45. The van der Waals surface area contributed by atoms with Gasteiger partial charge in [-0.1, -0.05) is 209 Å². The molecule has 0 heterocycles. The lowest BCUT2D eigenvalue weighted by atomic mass is 10.0. The van der Waals surface area contributed by atoms with Crippen molar-refractivity contribution in [3.05, 3.63) is 72.9 Å². The van der Waals surface area contributed by atoms with Crippen LogP contribution in [-0.2, 0) is 4.79 Å². The van der Waals surface area contributed by atoms with Crippen LogP contribution in [0.15, 0.2) is 72.9 Å². The quantitative estimate of drug-likeness (QED) is 0.0433. The summed E-state index contributed by atoms with van der Waals surface area (Å²) in [4.78, 5) is 12.4. The van der Waals surface area contributed by atoms with Gasteiger partial charge in [-0.3, -0.25) is 4.79 Å². The van der Waals surface area contributed by atoms with Crippen molar-refractivity contribution in [1.82, 2.24) is 5.32 Å². The Bertz CT molecular complexity index is 930. The van der Waals surface area contributed by atoms with E-state index in [9.17, 15) is 15.0 Å². The van der Waals surface area contributed by atoms with Gasteiger partial charge in [0.2, 0.25) is 5.91 Å². The maximum absolute atomic E-state index is 12.4. The third kappa shape index (κ3) is 40.8. The van der Waals surface area contributed by atoms with E-state index in [0.29, 0.717) is 6.42 Å². The number of unbranched alkanes of at least 4 members (excludes halogenated alkanes) is 23. The van der Waals surface area contributed by atoms with Gasteiger partial charge in [0.05, 0.1) is 18.8 Å². The summed E-state index contributed by atoms with van der Waals surface area (Å²) >= 11 is 0. The van der Waals surface area contributed by atoms with Crippen molar-refractivity contribution in [1.29, 1.82) is 0 Å². The fraction of sp³-hybridized carbons (Fsp3) is 0.735.